The van der Waals surface area contributed by atoms with E-state index in [-0.39, 0.29) is 0 Å². The molecule has 156 valence electrons. The minimum Gasteiger partial charge on any atom is -0.359 e. The molecule has 3 aromatic rings. The molecule has 0 aliphatic heterocycles. The Morgan fingerprint density at radius 3 is 2.90 bits per heavy atom. The van der Waals surface area contributed by atoms with E-state index < -0.39 is 0 Å². The van der Waals surface area contributed by atoms with Crippen LogP contribution in [-0.4, -0.2) is 30.7 Å². The van der Waals surface area contributed by atoms with Gasteiger partial charge in [-0.05, 0) is 74.5 Å². The van der Waals surface area contributed by atoms with Crippen molar-refractivity contribution in [1.29, 1.82) is 0 Å². The van der Waals surface area contributed by atoms with Crippen molar-refractivity contribution in [3.63, 3.8) is 0 Å². The molecule has 3 atom stereocenters. The zero-order chi connectivity index (χ0) is 20.7. The minimum atomic E-state index is 0.537. The summed E-state index contributed by atoms with van der Waals surface area (Å²) in [7, 11) is 2.05. The van der Waals surface area contributed by atoms with Gasteiger partial charge in [0.2, 0.25) is 0 Å². The summed E-state index contributed by atoms with van der Waals surface area (Å²) in [4.78, 5) is 13.6. The van der Waals surface area contributed by atoms with Crippen molar-refractivity contribution in [2.75, 3.05) is 5.32 Å². The lowest BCUT2D eigenvalue weighted by Gasteiger charge is -2.24. The highest BCUT2D eigenvalue weighted by Crippen LogP contribution is 2.44. The quantitative estimate of drug-likeness (QED) is 0.347. The summed E-state index contributed by atoms with van der Waals surface area (Å²) in [5.41, 5.74) is 4.02. The fourth-order valence-corrected chi connectivity index (χ4v) is 5.97. The van der Waals surface area contributed by atoms with E-state index in [0.29, 0.717) is 6.04 Å². The first-order valence-electron chi connectivity index (χ1n) is 10.5. The zero-order valence-corrected chi connectivity index (χ0v) is 18.9. The van der Waals surface area contributed by atoms with E-state index in [1.165, 1.54) is 25.7 Å². The Hall–Kier alpha value is -2.19. The predicted molar refractivity (Wildman–Crippen MR) is 126 cm³/mol. The Balaban J connectivity index is 1.25. The van der Waals surface area contributed by atoms with Crippen LogP contribution in [0.3, 0.4) is 0 Å². The first-order valence-corrected chi connectivity index (χ1v) is 11.9. The third-order valence-corrected chi connectivity index (χ3v) is 7.47. The maximum absolute atomic E-state index is 5.58. The van der Waals surface area contributed by atoms with Crippen LogP contribution in [0.4, 0.5) is 5.69 Å². The maximum atomic E-state index is 5.58. The SMILES string of the molecule is Cc1ccnc(SCc2nc3cc(NC(=S)N[C@@H]4C[C@H]5CC[C@@H]4C5)ccc3n2C)n1. The van der Waals surface area contributed by atoms with Crippen LogP contribution < -0.4 is 10.6 Å². The van der Waals surface area contributed by atoms with E-state index in [9.17, 15) is 0 Å². The molecule has 8 heteroatoms. The van der Waals surface area contributed by atoms with Crippen molar-refractivity contribution >= 4 is 45.8 Å². The number of thioether (sulfide) groups is 1. The molecule has 2 saturated carbocycles. The molecule has 2 aliphatic rings. The standard InChI is InChI=1S/C22H26N6S2/c1-13-7-8-23-22(24-13)30-12-20-26-18-11-16(5-6-19(18)28(20)2)25-21(29)27-17-10-14-3-4-15(17)9-14/h5-8,11,14-15,17H,3-4,9-10,12H2,1-2H3,(H2,25,27,29)/t14-,15+,17+/m0/s1. The molecule has 2 bridgehead atoms. The van der Waals surface area contributed by atoms with Gasteiger partial charge in [-0.2, -0.15) is 0 Å². The molecular weight excluding hydrogens is 412 g/mol. The van der Waals surface area contributed by atoms with Gasteiger partial charge in [-0.15, -0.1) is 0 Å². The molecular formula is C22H26N6S2. The Morgan fingerprint density at radius 2 is 2.13 bits per heavy atom. The molecule has 1 aromatic carbocycles. The second kappa shape index (κ2) is 8.15. The van der Waals surface area contributed by atoms with Crippen molar-refractivity contribution < 1.29 is 0 Å². The summed E-state index contributed by atoms with van der Waals surface area (Å²) in [6.45, 7) is 1.98. The van der Waals surface area contributed by atoms with E-state index in [2.05, 4.69) is 50.4 Å². The first kappa shape index (κ1) is 19.8. The Bertz CT molecular complexity index is 1090. The predicted octanol–water partition coefficient (Wildman–Crippen LogP) is 4.44. The number of aryl methyl sites for hydroxylation is 2. The van der Waals surface area contributed by atoms with Crippen LogP contribution >= 0.6 is 24.0 Å². The summed E-state index contributed by atoms with van der Waals surface area (Å²) in [5.74, 6) is 3.42. The number of imidazole rings is 1. The largest absolute Gasteiger partial charge is 0.359 e. The van der Waals surface area contributed by atoms with E-state index in [4.69, 9.17) is 17.2 Å². The Labute approximate surface area is 186 Å². The van der Waals surface area contributed by atoms with E-state index in [1.54, 1.807) is 18.0 Å². The van der Waals surface area contributed by atoms with Gasteiger partial charge in [0.25, 0.3) is 0 Å². The summed E-state index contributed by atoms with van der Waals surface area (Å²) in [6.07, 6.45) is 7.17. The first-order chi connectivity index (χ1) is 14.5. The number of thiocarbonyl (C=S) groups is 1. The fourth-order valence-electron chi connectivity index (χ4n) is 4.84. The summed E-state index contributed by atoms with van der Waals surface area (Å²) in [6, 6.07) is 8.68. The van der Waals surface area contributed by atoms with Crippen molar-refractivity contribution in [1.82, 2.24) is 24.8 Å². The van der Waals surface area contributed by atoms with Gasteiger partial charge in [-0.25, -0.2) is 15.0 Å². The summed E-state index contributed by atoms with van der Waals surface area (Å²) in [5, 5.41) is 8.40. The van der Waals surface area contributed by atoms with Crippen LogP contribution in [-0.2, 0) is 12.8 Å². The molecule has 2 aliphatic carbocycles. The number of fused-ring (bicyclic) bond motifs is 3. The van der Waals surface area contributed by atoms with E-state index >= 15 is 0 Å². The molecule has 5 rings (SSSR count). The van der Waals surface area contributed by atoms with Crippen LogP contribution in [0.2, 0.25) is 0 Å². The van der Waals surface area contributed by atoms with Crippen LogP contribution in [0.25, 0.3) is 11.0 Å². The van der Waals surface area contributed by atoms with Gasteiger partial charge in [-0.3, -0.25) is 0 Å². The van der Waals surface area contributed by atoms with Gasteiger partial charge in [-0.1, -0.05) is 18.2 Å². The number of anilines is 1. The summed E-state index contributed by atoms with van der Waals surface area (Å²) < 4.78 is 2.13. The number of hydrogen-bond donors (Lipinski definition) is 2. The van der Waals surface area contributed by atoms with Crippen molar-refractivity contribution in [2.45, 2.75) is 49.6 Å². The average molecular weight is 439 g/mol. The fraction of sp³-hybridized carbons (Fsp3) is 0.455. The number of nitrogens with zero attached hydrogens (tertiary/aromatic N) is 4. The zero-order valence-electron chi connectivity index (χ0n) is 17.3. The second-order valence-electron chi connectivity index (χ2n) is 8.44. The third kappa shape index (κ3) is 4.03. The second-order valence-corrected chi connectivity index (χ2v) is 9.79. The lowest BCUT2D eigenvalue weighted by molar-refractivity contribution is 0.392. The van der Waals surface area contributed by atoms with Crippen molar-refractivity contribution in [3.8, 4) is 0 Å². The molecule has 0 unspecified atom stereocenters. The molecule has 0 saturated heterocycles. The molecule has 0 radical (unpaired) electrons. The number of hydrogen-bond acceptors (Lipinski definition) is 5. The highest BCUT2D eigenvalue weighted by Gasteiger charge is 2.39. The Kier molecular flexibility index (Phi) is 5.37. The Morgan fingerprint density at radius 1 is 1.23 bits per heavy atom. The lowest BCUT2D eigenvalue weighted by Crippen LogP contribution is -2.40. The van der Waals surface area contributed by atoms with Crippen molar-refractivity contribution in [3.05, 3.63) is 42.0 Å². The third-order valence-electron chi connectivity index (χ3n) is 6.39. The van der Waals surface area contributed by atoms with Gasteiger partial charge in [0.1, 0.15) is 5.82 Å². The number of benzene rings is 1. The molecule has 2 fully saturated rings. The normalized spacial score (nSPS) is 22.5. The van der Waals surface area contributed by atoms with Crippen LogP contribution in [0.1, 0.15) is 37.2 Å². The lowest BCUT2D eigenvalue weighted by atomic mass is 9.96. The highest BCUT2D eigenvalue weighted by atomic mass is 32.2. The maximum Gasteiger partial charge on any atom is 0.188 e. The van der Waals surface area contributed by atoms with E-state index in [1.807, 2.05) is 13.0 Å². The van der Waals surface area contributed by atoms with Gasteiger partial charge in [0.15, 0.2) is 10.3 Å². The van der Waals surface area contributed by atoms with E-state index in [0.717, 1.165) is 56.1 Å². The number of rotatable bonds is 5. The molecule has 2 aromatic heterocycles. The topological polar surface area (TPSA) is 67.7 Å². The number of aromatic nitrogens is 4. The van der Waals surface area contributed by atoms with Gasteiger partial charge in [0, 0.05) is 30.7 Å². The van der Waals surface area contributed by atoms with Gasteiger partial charge in [0.05, 0.1) is 16.8 Å². The molecule has 6 nitrogen and oxygen atoms in total. The van der Waals surface area contributed by atoms with Crippen LogP contribution in [0.5, 0.6) is 0 Å². The van der Waals surface area contributed by atoms with Crippen LogP contribution in [0, 0.1) is 18.8 Å². The van der Waals surface area contributed by atoms with Crippen molar-refractivity contribution in [2.24, 2.45) is 18.9 Å². The smallest absolute Gasteiger partial charge is 0.188 e. The van der Waals surface area contributed by atoms with Gasteiger partial charge >= 0.3 is 0 Å². The number of nitrogens with one attached hydrogen (secondary N) is 2. The molecule has 0 amide bonds. The molecule has 30 heavy (non-hydrogen) atoms. The molecule has 0 spiro atoms. The van der Waals surface area contributed by atoms with Gasteiger partial charge < -0.3 is 15.2 Å². The highest BCUT2D eigenvalue weighted by molar-refractivity contribution is 7.98. The monoisotopic (exact) mass is 438 g/mol. The molecule has 2 N–H and O–H groups in total. The molecule has 2 heterocycles. The van der Waals surface area contributed by atoms with Crippen LogP contribution in [0.15, 0.2) is 35.6 Å². The summed E-state index contributed by atoms with van der Waals surface area (Å²) >= 11 is 7.19. The minimum absolute atomic E-state index is 0.537. The average Bonchev–Trinajstić information content (AvgIpc) is 3.41.